The van der Waals surface area contributed by atoms with Crippen LogP contribution in [-0.4, -0.2) is 52.8 Å². The van der Waals surface area contributed by atoms with E-state index in [1.807, 2.05) is 67.6 Å². The fourth-order valence-electron chi connectivity index (χ4n) is 4.77. The number of aliphatic hydroxyl groups is 1. The van der Waals surface area contributed by atoms with E-state index in [2.05, 4.69) is 34.7 Å². The fraction of sp³-hybridized carbons (Fsp3) is 0.290. The minimum atomic E-state index is -0.674. The van der Waals surface area contributed by atoms with E-state index in [0.29, 0.717) is 31.0 Å². The molecule has 0 bridgehead atoms. The summed E-state index contributed by atoms with van der Waals surface area (Å²) < 4.78 is 6.82. The number of ketones is 1. The van der Waals surface area contributed by atoms with Crippen LogP contribution in [0, 0.1) is 6.92 Å². The number of rotatable bonds is 10. The van der Waals surface area contributed by atoms with Gasteiger partial charge in [-0.05, 0) is 67.0 Å². The molecule has 0 aliphatic carbocycles. The molecule has 3 aromatic rings. The first-order chi connectivity index (χ1) is 18.3. The molecule has 1 amide bonds. The number of carbonyl (C=O) groups is 2. The van der Waals surface area contributed by atoms with Gasteiger partial charge in [-0.15, -0.1) is 0 Å². The maximum absolute atomic E-state index is 13.3. The molecule has 0 spiro atoms. The summed E-state index contributed by atoms with van der Waals surface area (Å²) in [4.78, 5) is 30.4. The highest BCUT2D eigenvalue weighted by molar-refractivity contribution is 9.10. The van der Waals surface area contributed by atoms with Crippen LogP contribution in [0.3, 0.4) is 0 Å². The Balaban J connectivity index is 1.69. The van der Waals surface area contributed by atoms with Gasteiger partial charge < -0.3 is 19.6 Å². The van der Waals surface area contributed by atoms with Crippen molar-refractivity contribution in [3.63, 3.8) is 0 Å². The van der Waals surface area contributed by atoms with Gasteiger partial charge in [0.15, 0.2) is 0 Å². The van der Waals surface area contributed by atoms with Crippen molar-refractivity contribution in [2.24, 2.45) is 0 Å². The third kappa shape index (κ3) is 6.00. The zero-order valence-corrected chi connectivity index (χ0v) is 23.6. The number of likely N-dealkylation sites (tertiary alicyclic amines) is 1. The standard InChI is InChI=1S/C31H33BrN2O4/c1-4-33(5-2)17-18-34-28(23-11-13-24(32)14-12-23)27(30(36)31(34)37)29(35)26-16-15-25(19-21(26)3)38-20-22-9-7-6-8-10-22/h6-16,19,28,35H,4-5,17-18,20H2,1-3H3/t28-/m0/s1. The van der Waals surface area contributed by atoms with Gasteiger partial charge in [-0.2, -0.15) is 0 Å². The zero-order chi connectivity index (χ0) is 27.2. The number of nitrogens with zero attached hydrogens (tertiary/aromatic N) is 2. The van der Waals surface area contributed by atoms with E-state index in [4.69, 9.17) is 4.74 Å². The van der Waals surface area contributed by atoms with Crippen LogP contribution >= 0.6 is 15.9 Å². The predicted octanol–water partition coefficient (Wildman–Crippen LogP) is 6.10. The van der Waals surface area contributed by atoms with E-state index in [-0.39, 0.29) is 11.3 Å². The highest BCUT2D eigenvalue weighted by Gasteiger charge is 2.46. The predicted molar refractivity (Wildman–Crippen MR) is 153 cm³/mol. The van der Waals surface area contributed by atoms with Crippen molar-refractivity contribution < 1.29 is 19.4 Å². The number of hydrogen-bond donors (Lipinski definition) is 1. The molecule has 1 fully saturated rings. The van der Waals surface area contributed by atoms with Crippen molar-refractivity contribution >= 4 is 33.4 Å². The van der Waals surface area contributed by atoms with Crippen LogP contribution in [0.5, 0.6) is 5.75 Å². The van der Waals surface area contributed by atoms with Crippen molar-refractivity contribution in [2.45, 2.75) is 33.4 Å². The molecule has 6 nitrogen and oxygen atoms in total. The summed E-state index contributed by atoms with van der Waals surface area (Å²) in [5.74, 6) is -0.772. The summed E-state index contributed by atoms with van der Waals surface area (Å²) in [6.45, 7) is 9.14. The molecule has 0 radical (unpaired) electrons. The molecule has 0 unspecified atom stereocenters. The molecule has 1 N–H and O–H groups in total. The van der Waals surface area contributed by atoms with Gasteiger partial charge in [-0.1, -0.05) is 72.2 Å². The average Bonchev–Trinajstić information content (AvgIpc) is 3.18. The molecule has 7 heteroatoms. The summed E-state index contributed by atoms with van der Waals surface area (Å²) >= 11 is 3.46. The van der Waals surface area contributed by atoms with Gasteiger partial charge in [-0.3, -0.25) is 9.59 Å². The first-order valence-corrected chi connectivity index (χ1v) is 13.7. The van der Waals surface area contributed by atoms with Crippen LogP contribution in [0.4, 0.5) is 0 Å². The smallest absolute Gasteiger partial charge is 0.295 e. The number of halogens is 1. The average molecular weight is 578 g/mol. The van der Waals surface area contributed by atoms with E-state index < -0.39 is 17.7 Å². The van der Waals surface area contributed by atoms with Crippen molar-refractivity contribution in [3.05, 3.63) is 105 Å². The van der Waals surface area contributed by atoms with Crippen molar-refractivity contribution in [2.75, 3.05) is 26.2 Å². The lowest BCUT2D eigenvalue weighted by molar-refractivity contribution is -0.140. The Morgan fingerprint density at radius 3 is 2.32 bits per heavy atom. The highest BCUT2D eigenvalue weighted by Crippen LogP contribution is 2.40. The van der Waals surface area contributed by atoms with Gasteiger partial charge in [-0.25, -0.2) is 0 Å². The number of Topliss-reactive ketones (excluding diaryl/α,β-unsaturated/α-hetero) is 1. The summed E-state index contributed by atoms with van der Waals surface area (Å²) in [7, 11) is 0. The third-order valence-electron chi connectivity index (χ3n) is 6.98. The van der Waals surface area contributed by atoms with Crippen molar-refractivity contribution in [1.82, 2.24) is 9.80 Å². The number of amides is 1. The Hall–Kier alpha value is -3.42. The summed E-state index contributed by atoms with van der Waals surface area (Å²) in [5, 5.41) is 11.5. The topological polar surface area (TPSA) is 70.1 Å². The molecular weight excluding hydrogens is 544 g/mol. The minimum absolute atomic E-state index is 0.109. The Labute approximate surface area is 232 Å². The number of hydrogen-bond acceptors (Lipinski definition) is 5. The van der Waals surface area contributed by atoms with Gasteiger partial charge in [0, 0.05) is 23.1 Å². The maximum Gasteiger partial charge on any atom is 0.295 e. The lowest BCUT2D eigenvalue weighted by Crippen LogP contribution is -2.38. The first kappa shape index (κ1) is 27.6. The molecule has 0 saturated carbocycles. The minimum Gasteiger partial charge on any atom is -0.507 e. The molecule has 198 valence electrons. The number of likely N-dealkylation sites (N-methyl/N-ethyl adjacent to an activating group) is 1. The largest absolute Gasteiger partial charge is 0.507 e. The Morgan fingerprint density at radius 2 is 1.68 bits per heavy atom. The van der Waals surface area contributed by atoms with E-state index >= 15 is 0 Å². The molecule has 1 saturated heterocycles. The lowest BCUT2D eigenvalue weighted by Gasteiger charge is -2.28. The first-order valence-electron chi connectivity index (χ1n) is 12.9. The maximum atomic E-state index is 13.3. The van der Waals surface area contributed by atoms with Gasteiger partial charge in [0.05, 0.1) is 11.6 Å². The third-order valence-corrected chi connectivity index (χ3v) is 7.51. The van der Waals surface area contributed by atoms with E-state index in [9.17, 15) is 14.7 Å². The highest BCUT2D eigenvalue weighted by atomic mass is 79.9. The number of benzene rings is 3. The Morgan fingerprint density at radius 1 is 1.00 bits per heavy atom. The molecule has 3 aromatic carbocycles. The number of carbonyl (C=O) groups excluding carboxylic acids is 2. The Bertz CT molecular complexity index is 1320. The van der Waals surface area contributed by atoms with Crippen molar-refractivity contribution in [1.29, 1.82) is 0 Å². The molecule has 1 aliphatic rings. The van der Waals surface area contributed by atoms with Gasteiger partial charge in [0.1, 0.15) is 18.1 Å². The van der Waals surface area contributed by atoms with Gasteiger partial charge in [0.25, 0.3) is 11.7 Å². The lowest BCUT2D eigenvalue weighted by atomic mass is 9.94. The van der Waals surface area contributed by atoms with Crippen molar-refractivity contribution in [3.8, 4) is 5.75 Å². The summed E-state index contributed by atoms with van der Waals surface area (Å²) in [5.41, 5.74) is 3.18. The monoisotopic (exact) mass is 576 g/mol. The number of ether oxygens (including phenoxy) is 1. The number of aryl methyl sites for hydroxylation is 1. The molecule has 1 aliphatic heterocycles. The fourth-order valence-corrected chi connectivity index (χ4v) is 5.03. The van der Waals surface area contributed by atoms with Crippen LogP contribution < -0.4 is 4.74 Å². The molecule has 1 atom stereocenters. The summed E-state index contributed by atoms with van der Waals surface area (Å²) in [6, 6.07) is 22.1. The molecule has 38 heavy (non-hydrogen) atoms. The van der Waals surface area contributed by atoms with Gasteiger partial charge >= 0.3 is 0 Å². The summed E-state index contributed by atoms with van der Waals surface area (Å²) in [6.07, 6.45) is 0. The zero-order valence-electron chi connectivity index (χ0n) is 22.0. The van der Waals surface area contributed by atoms with E-state index in [0.717, 1.165) is 34.3 Å². The second-order valence-corrected chi connectivity index (χ2v) is 10.2. The molecular formula is C31H33BrN2O4. The SMILES string of the molecule is CCN(CC)CCN1C(=O)C(=O)C(=C(O)c2ccc(OCc3ccccc3)cc2C)[C@@H]1c1ccc(Br)cc1. The van der Waals surface area contributed by atoms with Gasteiger partial charge in [0.2, 0.25) is 0 Å². The second kappa shape index (κ2) is 12.4. The normalized spacial score (nSPS) is 16.9. The quantitative estimate of drug-likeness (QED) is 0.179. The van der Waals surface area contributed by atoms with E-state index in [1.54, 1.807) is 17.0 Å². The van der Waals surface area contributed by atoms with Crippen LogP contribution in [0.1, 0.15) is 42.1 Å². The second-order valence-electron chi connectivity index (χ2n) is 9.32. The molecule has 4 rings (SSSR count). The Kier molecular flexibility index (Phi) is 9.02. The van der Waals surface area contributed by atoms with Crippen LogP contribution in [0.15, 0.2) is 82.8 Å². The van der Waals surface area contributed by atoms with E-state index in [1.165, 1.54) is 0 Å². The number of aliphatic hydroxyl groups excluding tert-OH is 1. The van der Waals surface area contributed by atoms with Crippen LogP contribution in [-0.2, 0) is 16.2 Å². The van der Waals surface area contributed by atoms with Crippen LogP contribution in [0.2, 0.25) is 0 Å². The molecule has 1 heterocycles. The van der Waals surface area contributed by atoms with Crippen LogP contribution in [0.25, 0.3) is 5.76 Å². The molecule has 0 aromatic heterocycles.